The zero-order chi connectivity index (χ0) is 13.0. The summed E-state index contributed by atoms with van der Waals surface area (Å²) in [5.41, 5.74) is 1.08. The highest BCUT2D eigenvalue weighted by molar-refractivity contribution is 6.35. The maximum Gasteiger partial charge on any atom is 0.140 e. The first kappa shape index (κ1) is 13.9. The van der Waals surface area contributed by atoms with Crippen LogP contribution in [0.25, 0.3) is 0 Å². The third-order valence-electron chi connectivity index (χ3n) is 3.20. The van der Waals surface area contributed by atoms with E-state index in [0.717, 1.165) is 50.5 Å². The first-order valence-corrected chi connectivity index (χ1v) is 6.91. The molecule has 1 fully saturated rings. The molecule has 5 heteroatoms. The summed E-state index contributed by atoms with van der Waals surface area (Å²) in [4.78, 5) is 2.44. The maximum atomic E-state index is 6.12. The van der Waals surface area contributed by atoms with Gasteiger partial charge in [0.1, 0.15) is 5.75 Å². The number of nitrogens with one attached hydrogen (secondary N) is 1. The summed E-state index contributed by atoms with van der Waals surface area (Å²) in [6.45, 7) is 5.32. The molecule has 18 heavy (non-hydrogen) atoms. The van der Waals surface area contributed by atoms with Gasteiger partial charge in [0.05, 0.1) is 12.1 Å². The second kappa shape index (κ2) is 6.62. The lowest BCUT2D eigenvalue weighted by molar-refractivity contribution is 0.243. The van der Waals surface area contributed by atoms with Gasteiger partial charge in [0.2, 0.25) is 0 Å². The minimum atomic E-state index is 0.584. The minimum absolute atomic E-state index is 0.584. The fourth-order valence-corrected chi connectivity index (χ4v) is 2.85. The number of ether oxygens (including phenoxy) is 1. The molecule has 0 amide bonds. The molecule has 1 saturated heterocycles. The molecule has 0 unspecified atom stereocenters. The number of methoxy groups -OCH3 is 1. The molecule has 3 nitrogen and oxygen atoms in total. The lowest BCUT2D eigenvalue weighted by atomic mass is 10.1. The number of piperazine rings is 1. The van der Waals surface area contributed by atoms with Crippen molar-refractivity contribution >= 4 is 23.2 Å². The van der Waals surface area contributed by atoms with E-state index in [1.807, 2.05) is 6.07 Å². The van der Waals surface area contributed by atoms with Crippen molar-refractivity contribution < 1.29 is 4.74 Å². The van der Waals surface area contributed by atoms with Gasteiger partial charge >= 0.3 is 0 Å². The van der Waals surface area contributed by atoms with Crippen molar-refractivity contribution in [3.63, 3.8) is 0 Å². The van der Waals surface area contributed by atoms with Crippen LogP contribution in [0.2, 0.25) is 10.0 Å². The highest BCUT2D eigenvalue weighted by Gasteiger charge is 2.13. The third kappa shape index (κ3) is 3.51. The van der Waals surface area contributed by atoms with E-state index in [4.69, 9.17) is 27.9 Å². The molecule has 1 aromatic rings. The van der Waals surface area contributed by atoms with Gasteiger partial charge in [-0.2, -0.15) is 0 Å². The number of halogens is 2. The van der Waals surface area contributed by atoms with Gasteiger partial charge in [0.25, 0.3) is 0 Å². The van der Waals surface area contributed by atoms with Crippen molar-refractivity contribution in [2.24, 2.45) is 0 Å². The predicted molar refractivity (Wildman–Crippen MR) is 76.0 cm³/mol. The second-order valence-electron chi connectivity index (χ2n) is 4.42. The zero-order valence-electron chi connectivity index (χ0n) is 10.5. The highest BCUT2D eigenvalue weighted by Crippen LogP contribution is 2.32. The molecule has 1 N–H and O–H groups in total. The van der Waals surface area contributed by atoms with Gasteiger partial charge in [-0.15, -0.1) is 0 Å². The number of rotatable bonds is 4. The fourth-order valence-electron chi connectivity index (χ4n) is 2.24. The van der Waals surface area contributed by atoms with Crippen LogP contribution >= 0.6 is 23.2 Å². The van der Waals surface area contributed by atoms with Gasteiger partial charge in [-0.25, -0.2) is 0 Å². The number of nitrogens with zero attached hydrogens (tertiary/aromatic N) is 1. The summed E-state index contributed by atoms with van der Waals surface area (Å²) in [7, 11) is 1.64. The summed E-state index contributed by atoms with van der Waals surface area (Å²) >= 11 is 12.2. The van der Waals surface area contributed by atoms with Crippen LogP contribution in [0, 0.1) is 0 Å². The second-order valence-corrected chi connectivity index (χ2v) is 5.27. The van der Waals surface area contributed by atoms with Crippen molar-refractivity contribution in [3.05, 3.63) is 27.7 Å². The first-order valence-electron chi connectivity index (χ1n) is 6.15. The monoisotopic (exact) mass is 288 g/mol. The van der Waals surface area contributed by atoms with E-state index in [1.165, 1.54) is 0 Å². The largest absolute Gasteiger partial charge is 0.495 e. The van der Waals surface area contributed by atoms with Gasteiger partial charge in [-0.3, -0.25) is 0 Å². The standard InChI is InChI=1S/C13H18Cl2N2O/c1-18-13-10(8-11(14)9-12(13)15)2-5-17-6-3-16-4-7-17/h8-9,16H,2-7H2,1H3. The molecule has 1 aliphatic heterocycles. The van der Waals surface area contributed by atoms with Crippen molar-refractivity contribution in [3.8, 4) is 5.75 Å². The van der Waals surface area contributed by atoms with Crippen LogP contribution in [0.5, 0.6) is 5.75 Å². The molecule has 0 atom stereocenters. The van der Waals surface area contributed by atoms with Gasteiger partial charge < -0.3 is 15.0 Å². The number of benzene rings is 1. The van der Waals surface area contributed by atoms with Crippen molar-refractivity contribution in [2.75, 3.05) is 39.8 Å². The SMILES string of the molecule is COc1c(Cl)cc(Cl)cc1CCN1CCNCC1. The summed E-state index contributed by atoms with van der Waals surface area (Å²) in [6.07, 6.45) is 0.906. The Morgan fingerprint density at radius 2 is 2.00 bits per heavy atom. The van der Waals surface area contributed by atoms with Crippen LogP contribution in [0.15, 0.2) is 12.1 Å². The molecule has 0 spiro atoms. The molecular weight excluding hydrogens is 271 g/mol. The van der Waals surface area contributed by atoms with Gasteiger partial charge in [-0.1, -0.05) is 23.2 Å². The minimum Gasteiger partial charge on any atom is -0.495 e. The predicted octanol–water partition coefficient (Wildman–Crippen LogP) is 2.45. The van der Waals surface area contributed by atoms with E-state index in [0.29, 0.717) is 10.0 Å². The lowest BCUT2D eigenvalue weighted by Crippen LogP contribution is -2.44. The van der Waals surface area contributed by atoms with Crippen LogP contribution in [-0.4, -0.2) is 44.7 Å². The van der Waals surface area contributed by atoms with Gasteiger partial charge in [-0.05, 0) is 24.1 Å². The van der Waals surface area contributed by atoms with E-state index in [2.05, 4.69) is 10.2 Å². The summed E-state index contributed by atoms with van der Waals surface area (Å²) in [5.74, 6) is 0.746. The normalized spacial score (nSPS) is 16.8. The molecule has 2 rings (SSSR count). The average Bonchev–Trinajstić information content (AvgIpc) is 2.37. The summed E-state index contributed by atoms with van der Waals surface area (Å²) in [6, 6.07) is 3.66. The Kier molecular flexibility index (Phi) is 5.13. The smallest absolute Gasteiger partial charge is 0.140 e. The van der Waals surface area contributed by atoms with Gasteiger partial charge in [0, 0.05) is 37.7 Å². The van der Waals surface area contributed by atoms with Crippen molar-refractivity contribution in [2.45, 2.75) is 6.42 Å². The van der Waals surface area contributed by atoms with Crippen molar-refractivity contribution in [1.82, 2.24) is 10.2 Å². The number of hydrogen-bond acceptors (Lipinski definition) is 3. The highest BCUT2D eigenvalue weighted by atomic mass is 35.5. The Bertz CT molecular complexity index is 406. The van der Waals surface area contributed by atoms with Crippen molar-refractivity contribution in [1.29, 1.82) is 0 Å². The molecule has 0 bridgehead atoms. The molecule has 1 aromatic carbocycles. The molecule has 0 aromatic heterocycles. The Hall–Kier alpha value is -0.480. The first-order chi connectivity index (χ1) is 8.70. The summed E-state index contributed by atoms with van der Waals surface area (Å²) in [5, 5.41) is 4.59. The third-order valence-corrected chi connectivity index (χ3v) is 3.70. The topological polar surface area (TPSA) is 24.5 Å². The molecule has 0 radical (unpaired) electrons. The van der Waals surface area contributed by atoms with Crippen LogP contribution in [0.1, 0.15) is 5.56 Å². The van der Waals surface area contributed by atoms with Crippen LogP contribution in [0.4, 0.5) is 0 Å². The Balaban J connectivity index is 2.03. The molecule has 0 aliphatic carbocycles. The Morgan fingerprint density at radius 1 is 1.28 bits per heavy atom. The molecular formula is C13H18Cl2N2O. The molecule has 1 aliphatic rings. The van der Waals surface area contributed by atoms with E-state index in [1.54, 1.807) is 13.2 Å². The lowest BCUT2D eigenvalue weighted by Gasteiger charge is -2.27. The Labute approximate surface area is 118 Å². The summed E-state index contributed by atoms with van der Waals surface area (Å²) < 4.78 is 5.35. The average molecular weight is 289 g/mol. The van der Waals surface area contributed by atoms with Crippen LogP contribution in [0.3, 0.4) is 0 Å². The van der Waals surface area contributed by atoms with E-state index < -0.39 is 0 Å². The number of hydrogen-bond donors (Lipinski definition) is 1. The van der Waals surface area contributed by atoms with Crippen LogP contribution < -0.4 is 10.1 Å². The Morgan fingerprint density at radius 3 is 2.67 bits per heavy atom. The molecule has 100 valence electrons. The van der Waals surface area contributed by atoms with E-state index in [9.17, 15) is 0 Å². The van der Waals surface area contributed by atoms with Crippen LogP contribution in [-0.2, 0) is 6.42 Å². The van der Waals surface area contributed by atoms with E-state index >= 15 is 0 Å². The maximum absolute atomic E-state index is 6.12. The van der Waals surface area contributed by atoms with Gasteiger partial charge in [0.15, 0.2) is 0 Å². The van der Waals surface area contributed by atoms with E-state index in [-0.39, 0.29) is 0 Å². The molecule has 0 saturated carbocycles. The molecule has 1 heterocycles. The zero-order valence-corrected chi connectivity index (χ0v) is 12.0. The fraction of sp³-hybridized carbons (Fsp3) is 0.538. The quantitative estimate of drug-likeness (QED) is 0.921.